The van der Waals surface area contributed by atoms with Crippen LogP contribution in [0.25, 0.3) is 0 Å². The Morgan fingerprint density at radius 3 is 2.52 bits per heavy atom. The number of methoxy groups -OCH3 is 1. The predicted molar refractivity (Wildman–Crippen MR) is 80.8 cm³/mol. The molecule has 21 heavy (non-hydrogen) atoms. The summed E-state index contributed by atoms with van der Waals surface area (Å²) in [5, 5.41) is 12.4. The standard InChI is InChI=1S/C16H23NO4/c1-5-8-16(3,15(19)20)17-10-13-9-12(11(2)18)6-7-14(13)21-4/h6-7,9,17H,5,8,10H2,1-4H3,(H,19,20). The zero-order valence-electron chi connectivity index (χ0n) is 13.0. The van der Waals surface area contributed by atoms with Crippen molar-refractivity contribution < 1.29 is 19.4 Å². The highest BCUT2D eigenvalue weighted by molar-refractivity contribution is 5.94. The predicted octanol–water partition coefficient (Wildman–Crippen LogP) is 2.63. The highest BCUT2D eigenvalue weighted by Gasteiger charge is 2.31. The smallest absolute Gasteiger partial charge is 0.323 e. The molecule has 1 rings (SSSR count). The van der Waals surface area contributed by atoms with E-state index in [1.165, 1.54) is 6.92 Å². The van der Waals surface area contributed by atoms with Gasteiger partial charge in [0.1, 0.15) is 11.3 Å². The van der Waals surface area contributed by atoms with Crippen molar-refractivity contribution >= 4 is 11.8 Å². The molecule has 1 unspecified atom stereocenters. The van der Waals surface area contributed by atoms with Gasteiger partial charge in [-0.15, -0.1) is 0 Å². The molecular formula is C16H23NO4. The lowest BCUT2D eigenvalue weighted by Crippen LogP contribution is -2.48. The molecule has 0 amide bonds. The number of aliphatic carboxylic acids is 1. The van der Waals surface area contributed by atoms with Gasteiger partial charge in [-0.3, -0.25) is 14.9 Å². The Labute approximate surface area is 125 Å². The molecule has 1 aromatic carbocycles. The number of benzene rings is 1. The molecule has 0 aliphatic heterocycles. The van der Waals surface area contributed by atoms with Gasteiger partial charge >= 0.3 is 5.97 Å². The molecule has 0 aliphatic carbocycles. The number of hydrogen-bond acceptors (Lipinski definition) is 4. The molecular weight excluding hydrogens is 270 g/mol. The SMILES string of the molecule is CCCC(C)(NCc1cc(C(C)=O)ccc1OC)C(=O)O. The second-order valence-electron chi connectivity index (χ2n) is 5.32. The first-order valence-corrected chi connectivity index (χ1v) is 7.00. The summed E-state index contributed by atoms with van der Waals surface area (Å²) in [5.74, 6) is -0.281. The Morgan fingerprint density at radius 2 is 2.05 bits per heavy atom. The summed E-state index contributed by atoms with van der Waals surface area (Å²) in [7, 11) is 1.55. The minimum atomic E-state index is -0.994. The van der Waals surface area contributed by atoms with Crippen molar-refractivity contribution in [3.8, 4) is 5.75 Å². The van der Waals surface area contributed by atoms with Crippen molar-refractivity contribution in [3.05, 3.63) is 29.3 Å². The van der Waals surface area contributed by atoms with Gasteiger partial charge in [0, 0.05) is 17.7 Å². The molecule has 0 heterocycles. The van der Waals surface area contributed by atoms with Crippen molar-refractivity contribution in [2.75, 3.05) is 7.11 Å². The van der Waals surface area contributed by atoms with Gasteiger partial charge < -0.3 is 9.84 Å². The number of nitrogens with one attached hydrogen (secondary N) is 1. The van der Waals surface area contributed by atoms with Gasteiger partial charge in [-0.1, -0.05) is 13.3 Å². The van der Waals surface area contributed by atoms with Gasteiger partial charge in [0.25, 0.3) is 0 Å². The quantitative estimate of drug-likeness (QED) is 0.721. The van der Waals surface area contributed by atoms with Crippen LogP contribution in [0.3, 0.4) is 0 Å². The van der Waals surface area contributed by atoms with E-state index in [4.69, 9.17) is 4.74 Å². The lowest BCUT2D eigenvalue weighted by Gasteiger charge is -2.26. The molecule has 0 saturated heterocycles. The number of carbonyl (C=O) groups is 2. The number of carbonyl (C=O) groups excluding carboxylic acids is 1. The second kappa shape index (κ2) is 7.22. The number of ether oxygens (including phenoxy) is 1. The Bertz CT molecular complexity index is 527. The second-order valence-corrected chi connectivity index (χ2v) is 5.32. The molecule has 0 spiro atoms. The number of Topliss-reactive ketones (excluding diaryl/α,β-unsaturated/α-hetero) is 1. The molecule has 0 aliphatic rings. The van der Waals surface area contributed by atoms with Crippen LogP contribution >= 0.6 is 0 Å². The van der Waals surface area contributed by atoms with E-state index in [9.17, 15) is 14.7 Å². The van der Waals surface area contributed by atoms with Gasteiger partial charge in [0.15, 0.2) is 5.78 Å². The molecule has 0 saturated carbocycles. The van der Waals surface area contributed by atoms with Crippen LogP contribution in [0.5, 0.6) is 5.75 Å². The summed E-state index contributed by atoms with van der Waals surface area (Å²) in [6.45, 7) is 5.44. The van der Waals surface area contributed by atoms with Crippen molar-refractivity contribution in [2.45, 2.75) is 45.7 Å². The van der Waals surface area contributed by atoms with Crippen molar-refractivity contribution in [1.29, 1.82) is 0 Å². The van der Waals surface area contributed by atoms with Crippen LogP contribution in [0.4, 0.5) is 0 Å². The van der Waals surface area contributed by atoms with Crippen LogP contribution in [0.1, 0.15) is 49.5 Å². The Balaban J connectivity index is 2.98. The van der Waals surface area contributed by atoms with Crippen LogP contribution in [-0.4, -0.2) is 29.5 Å². The largest absolute Gasteiger partial charge is 0.496 e. The average molecular weight is 293 g/mol. The van der Waals surface area contributed by atoms with Gasteiger partial charge in [-0.05, 0) is 38.5 Å². The number of hydrogen-bond donors (Lipinski definition) is 2. The van der Waals surface area contributed by atoms with Crippen molar-refractivity contribution in [1.82, 2.24) is 5.32 Å². The lowest BCUT2D eigenvalue weighted by atomic mass is 9.95. The first kappa shape index (κ1) is 17.2. The topological polar surface area (TPSA) is 75.6 Å². The van der Waals surface area contributed by atoms with Crippen LogP contribution in [0.2, 0.25) is 0 Å². The molecule has 2 N–H and O–H groups in total. The molecule has 0 radical (unpaired) electrons. The van der Waals surface area contributed by atoms with Crippen LogP contribution in [-0.2, 0) is 11.3 Å². The van der Waals surface area contributed by atoms with E-state index < -0.39 is 11.5 Å². The summed E-state index contributed by atoms with van der Waals surface area (Å²) in [4.78, 5) is 22.9. The Kier molecular flexibility index (Phi) is 5.90. The summed E-state index contributed by atoms with van der Waals surface area (Å²) >= 11 is 0. The summed E-state index contributed by atoms with van der Waals surface area (Å²) in [5.41, 5.74) is 0.361. The van der Waals surface area contributed by atoms with E-state index in [0.717, 1.165) is 12.0 Å². The van der Waals surface area contributed by atoms with Gasteiger partial charge in [0.2, 0.25) is 0 Å². The molecule has 5 nitrogen and oxygen atoms in total. The zero-order valence-corrected chi connectivity index (χ0v) is 13.0. The number of ketones is 1. The van der Waals surface area contributed by atoms with Gasteiger partial charge in [-0.2, -0.15) is 0 Å². The molecule has 116 valence electrons. The van der Waals surface area contributed by atoms with Crippen molar-refractivity contribution in [3.63, 3.8) is 0 Å². The fourth-order valence-electron chi connectivity index (χ4n) is 2.20. The average Bonchev–Trinajstić information content (AvgIpc) is 2.44. The molecule has 0 bridgehead atoms. The summed E-state index contributed by atoms with van der Waals surface area (Å²) in [6.07, 6.45) is 1.29. The maximum absolute atomic E-state index is 11.5. The molecule has 1 atom stereocenters. The van der Waals surface area contributed by atoms with E-state index in [1.54, 1.807) is 32.2 Å². The number of carboxylic acids is 1. The highest BCUT2D eigenvalue weighted by Crippen LogP contribution is 2.22. The molecule has 0 fully saturated rings. The maximum Gasteiger partial charge on any atom is 0.323 e. The first-order valence-electron chi connectivity index (χ1n) is 7.00. The summed E-state index contributed by atoms with van der Waals surface area (Å²) in [6, 6.07) is 5.17. The van der Waals surface area contributed by atoms with Crippen LogP contribution in [0, 0.1) is 0 Å². The Morgan fingerprint density at radius 1 is 1.38 bits per heavy atom. The number of rotatable bonds is 8. The molecule has 1 aromatic rings. The van der Waals surface area contributed by atoms with E-state index in [1.807, 2.05) is 6.92 Å². The lowest BCUT2D eigenvalue weighted by molar-refractivity contribution is -0.144. The van der Waals surface area contributed by atoms with E-state index in [2.05, 4.69) is 5.32 Å². The molecule has 5 heteroatoms. The monoisotopic (exact) mass is 293 g/mol. The Hall–Kier alpha value is -1.88. The molecule has 0 aromatic heterocycles. The van der Waals surface area contributed by atoms with Gasteiger partial charge in [-0.25, -0.2) is 0 Å². The van der Waals surface area contributed by atoms with E-state index in [-0.39, 0.29) is 5.78 Å². The summed E-state index contributed by atoms with van der Waals surface area (Å²) < 4.78 is 5.27. The normalized spacial score (nSPS) is 13.5. The van der Waals surface area contributed by atoms with Gasteiger partial charge in [0.05, 0.1) is 7.11 Å². The van der Waals surface area contributed by atoms with Crippen LogP contribution in [0.15, 0.2) is 18.2 Å². The van der Waals surface area contributed by atoms with E-state index in [0.29, 0.717) is 24.3 Å². The fraction of sp³-hybridized carbons (Fsp3) is 0.500. The number of carboxylic acid groups (broad SMARTS) is 1. The van der Waals surface area contributed by atoms with Crippen molar-refractivity contribution in [2.24, 2.45) is 0 Å². The minimum absolute atomic E-state index is 0.0338. The first-order chi connectivity index (χ1) is 9.84. The zero-order chi connectivity index (χ0) is 16.0. The minimum Gasteiger partial charge on any atom is -0.496 e. The third kappa shape index (κ3) is 4.29. The van der Waals surface area contributed by atoms with Crippen LogP contribution < -0.4 is 10.1 Å². The highest BCUT2D eigenvalue weighted by atomic mass is 16.5. The fourth-order valence-corrected chi connectivity index (χ4v) is 2.20. The third-order valence-electron chi connectivity index (χ3n) is 3.58. The maximum atomic E-state index is 11.5. The third-order valence-corrected chi connectivity index (χ3v) is 3.58. The van der Waals surface area contributed by atoms with E-state index >= 15 is 0 Å².